The quantitative estimate of drug-likeness (QED) is 0.908. The van der Waals surface area contributed by atoms with E-state index in [-0.39, 0.29) is 24.2 Å². The average Bonchev–Trinajstić information content (AvgIpc) is 3.12. The fraction of sp³-hybridized carbons (Fsp3) is 0.353. The van der Waals surface area contributed by atoms with Crippen molar-refractivity contribution in [2.24, 2.45) is 13.0 Å². The van der Waals surface area contributed by atoms with Crippen LogP contribution < -0.4 is 5.32 Å². The van der Waals surface area contributed by atoms with Crippen LogP contribution in [0.3, 0.4) is 0 Å². The Morgan fingerprint density at radius 2 is 2.09 bits per heavy atom. The molecule has 0 radical (unpaired) electrons. The zero-order valence-corrected chi connectivity index (χ0v) is 13.1. The van der Waals surface area contributed by atoms with Gasteiger partial charge in [-0.2, -0.15) is 5.10 Å². The Labute approximate surface area is 135 Å². The molecule has 1 aromatic carbocycles. The molecule has 2 aromatic rings. The fourth-order valence-corrected chi connectivity index (χ4v) is 2.78. The van der Waals surface area contributed by atoms with E-state index in [0.29, 0.717) is 18.9 Å². The summed E-state index contributed by atoms with van der Waals surface area (Å²) in [6, 6.07) is 11.8. The standard InChI is InChI=1S/C17H20N4O2/c1-20-9-8-15(19-20)18-17(23)14-11-16(22)21(12-14)10-7-13-5-3-2-4-6-13/h2-6,8-9,14H,7,10-12H2,1H3,(H,18,19,23). The van der Waals surface area contributed by atoms with Crippen LogP contribution in [-0.2, 0) is 23.1 Å². The number of likely N-dealkylation sites (tertiary alicyclic amines) is 1. The highest BCUT2D eigenvalue weighted by atomic mass is 16.2. The molecule has 0 bridgehead atoms. The first-order chi connectivity index (χ1) is 11.1. The summed E-state index contributed by atoms with van der Waals surface area (Å²) < 4.78 is 1.63. The van der Waals surface area contributed by atoms with Crippen LogP contribution in [0.15, 0.2) is 42.6 Å². The molecule has 1 aliphatic heterocycles. The molecule has 0 aliphatic carbocycles. The number of amides is 2. The van der Waals surface area contributed by atoms with Crippen LogP contribution in [-0.4, -0.2) is 39.6 Å². The van der Waals surface area contributed by atoms with E-state index in [4.69, 9.17) is 0 Å². The van der Waals surface area contributed by atoms with Crippen LogP contribution in [0.4, 0.5) is 5.82 Å². The molecule has 1 N–H and O–H groups in total. The third-order valence-electron chi connectivity index (χ3n) is 4.06. The van der Waals surface area contributed by atoms with Crippen molar-refractivity contribution in [3.05, 3.63) is 48.2 Å². The summed E-state index contributed by atoms with van der Waals surface area (Å²) in [4.78, 5) is 26.1. The molecule has 23 heavy (non-hydrogen) atoms. The van der Waals surface area contributed by atoms with Crippen molar-refractivity contribution in [1.82, 2.24) is 14.7 Å². The molecule has 1 unspecified atom stereocenters. The third-order valence-corrected chi connectivity index (χ3v) is 4.06. The van der Waals surface area contributed by atoms with Crippen LogP contribution in [0.25, 0.3) is 0 Å². The summed E-state index contributed by atoms with van der Waals surface area (Å²) in [6.07, 6.45) is 2.84. The smallest absolute Gasteiger partial charge is 0.230 e. The predicted octanol–water partition coefficient (Wildman–Crippen LogP) is 1.45. The second-order valence-corrected chi connectivity index (χ2v) is 5.84. The van der Waals surface area contributed by atoms with Gasteiger partial charge < -0.3 is 10.2 Å². The van der Waals surface area contributed by atoms with E-state index in [0.717, 1.165) is 6.42 Å². The second kappa shape index (κ2) is 6.64. The molecule has 1 aliphatic rings. The van der Waals surface area contributed by atoms with Gasteiger partial charge in [-0.05, 0) is 12.0 Å². The van der Waals surface area contributed by atoms with Gasteiger partial charge in [0, 0.05) is 38.8 Å². The van der Waals surface area contributed by atoms with E-state index in [1.54, 1.807) is 28.9 Å². The van der Waals surface area contributed by atoms with Crippen molar-refractivity contribution in [2.75, 3.05) is 18.4 Å². The summed E-state index contributed by atoms with van der Waals surface area (Å²) in [7, 11) is 1.79. The van der Waals surface area contributed by atoms with E-state index in [1.165, 1.54) is 5.56 Å². The first-order valence-electron chi connectivity index (χ1n) is 7.74. The average molecular weight is 312 g/mol. The molecule has 3 rings (SSSR count). The van der Waals surface area contributed by atoms with Crippen LogP contribution in [0.5, 0.6) is 0 Å². The largest absolute Gasteiger partial charge is 0.342 e. The number of anilines is 1. The minimum atomic E-state index is -0.305. The number of hydrogen-bond donors (Lipinski definition) is 1. The van der Waals surface area contributed by atoms with E-state index in [9.17, 15) is 9.59 Å². The summed E-state index contributed by atoms with van der Waals surface area (Å²) >= 11 is 0. The Kier molecular flexibility index (Phi) is 4.41. The van der Waals surface area contributed by atoms with Crippen molar-refractivity contribution in [1.29, 1.82) is 0 Å². The van der Waals surface area contributed by atoms with Gasteiger partial charge in [0.15, 0.2) is 5.82 Å². The number of aryl methyl sites for hydroxylation is 1. The molecule has 6 heteroatoms. The number of carbonyl (C=O) groups is 2. The molecule has 0 spiro atoms. The van der Waals surface area contributed by atoms with Gasteiger partial charge in [0.1, 0.15) is 0 Å². The van der Waals surface area contributed by atoms with Crippen LogP contribution in [0, 0.1) is 5.92 Å². The van der Waals surface area contributed by atoms with Crippen molar-refractivity contribution >= 4 is 17.6 Å². The first-order valence-corrected chi connectivity index (χ1v) is 7.74. The lowest BCUT2D eigenvalue weighted by Crippen LogP contribution is -2.30. The molecule has 120 valence electrons. The first kappa shape index (κ1) is 15.3. The van der Waals surface area contributed by atoms with Crippen molar-refractivity contribution in [3.63, 3.8) is 0 Å². The maximum Gasteiger partial charge on any atom is 0.230 e. The van der Waals surface area contributed by atoms with Gasteiger partial charge in [0.25, 0.3) is 0 Å². The molecule has 0 saturated carbocycles. The highest BCUT2D eigenvalue weighted by molar-refractivity contribution is 5.96. The normalized spacial score (nSPS) is 17.5. The number of nitrogens with one attached hydrogen (secondary N) is 1. The lowest BCUT2D eigenvalue weighted by atomic mass is 10.1. The molecule has 1 atom stereocenters. The Morgan fingerprint density at radius 1 is 1.30 bits per heavy atom. The minimum Gasteiger partial charge on any atom is -0.342 e. The van der Waals surface area contributed by atoms with Gasteiger partial charge in [-0.25, -0.2) is 0 Å². The molecular formula is C17H20N4O2. The second-order valence-electron chi connectivity index (χ2n) is 5.84. The number of benzene rings is 1. The van der Waals surface area contributed by atoms with Crippen molar-refractivity contribution < 1.29 is 9.59 Å². The topological polar surface area (TPSA) is 67.2 Å². The molecule has 1 fully saturated rings. The lowest BCUT2D eigenvalue weighted by molar-refractivity contribution is -0.128. The summed E-state index contributed by atoms with van der Waals surface area (Å²) in [5.74, 6) is 0.120. The zero-order chi connectivity index (χ0) is 16.2. The number of carbonyl (C=O) groups excluding carboxylic acids is 2. The molecular weight excluding hydrogens is 292 g/mol. The highest BCUT2D eigenvalue weighted by Crippen LogP contribution is 2.20. The van der Waals surface area contributed by atoms with Crippen LogP contribution in [0.1, 0.15) is 12.0 Å². The summed E-state index contributed by atoms with van der Waals surface area (Å²) in [5.41, 5.74) is 1.20. The van der Waals surface area contributed by atoms with E-state index in [2.05, 4.69) is 10.4 Å². The fourth-order valence-electron chi connectivity index (χ4n) is 2.78. The summed E-state index contributed by atoms with van der Waals surface area (Å²) in [5, 5.41) is 6.89. The molecule has 1 saturated heterocycles. The Morgan fingerprint density at radius 3 is 2.78 bits per heavy atom. The minimum absolute atomic E-state index is 0.0436. The highest BCUT2D eigenvalue weighted by Gasteiger charge is 2.34. The third kappa shape index (κ3) is 3.77. The van der Waals surface area contributed by atoms with Gasteiger partial charge in [-0.1, -0.05) is 30.3 Å². The van der Waals surface area contributed by atoms with Gasteiger partial charge in [-0.15, -0.1) is 0 Å². The number of nitrogens with zero attached hydrogens (tertiary/aromatic N) is 3. The van der Waals surface area contributed by atoms with Crippen LogP contribution >= 0.6 is 0 Å². The molecule has 6 nitrogen and oxygen atoms in total. The van der Waals surface area contributed by atoms with Crippen molar-refractivity contribution in [3.8, 4) is 0 Å². The van der Waals surface area contributed by atoms with Gasteiger partial charge >= 0.3 is 0 Å². The monoisotopic (exact) mass is 312 g/mol. The Hall–Kier alpha value is -2.63. The lowest BCUT2D eigenvalue weighted by Gasteiger charge is -2.16. The predicted molar refractivity (Wildman–Crippen MR) is 86.7 cm³/mol. The zero-order valence-electron chi connectivity index (χ0n) is 13.1. The number of hydrogen-bond acceptors (Lipinski definition) is 3. The van der Waals surface area contributed by atoms with E-state index < -0.39 is 0 Å². The van der Waals surface area contributed by atoms with Gasteiger partial charge in [-0.3, -0.25) is 14.3 Å². The maximum atomic E-state index is 12.3. The Bertz CT molecular complexity index is 696. The number of rotatable bonds is 5. The number of aromatic nitrogens is 2. The maximum absolute atomic E-state index is 12.3. The summed E-state index contributed by atoms with van der Waals surface area (Å²) in [6.45, 7) is 1.13. The van der Waals surface area contributed by atoms with Crippen LogP contribution in [0.2, 0.25) is 0 Å². The van der Waals surface area contributed by atoms with E-state index >= 15 is 0 Å². The van der Waals surface area contributed by atoms with Gasteiger partial charge in [0.05, 0.1) is 5.92 Å². The van der Waals surface area contributed by atoms with Crippen molar-refractivity contribution in [2.45, 2.75) is 12.8 Å². The van der Waals surface area contributed by atoms with Gasteiger partial charge in [0.2, 0.25) is 11.8 Å². The molecule has 2 amide bonds. The van der Waals surface area contributed by atoms with E-state index in [1.807, 2.05) is 30.3 Å². The molecule has 1 aromatic heterocycles. The SMILES string of the molecule is Cn1ccc(NC(=O)C2CC(=O)N(CCc3ccccc3)C2)n1. The Balaban J connectivity index is 1.53. The molecule has 2 heterocycles.